The number of nitrogens with zero attached hydrogens (tertiary/aromatic N) is 2. The normalized spacial score (nSPS) is 25.7. The van der Waals surface area contributed by atoms with Crippen LogP contribution in [0.5, 0.6) is 0 Å². The van der Waals surface area contributed by atoms with Crippen LogP contribution in [0.25, 0.3) is 10.8 Å². The van der Waals surface area contributed by atoms with E-state index < -0.39 is 44.5 Å². The van der Waals surface area contributed by atoms with E-state index in [0.29, 0.717) is 29.8 Å². The molecule has 4 atom stereocenters. The number of carbonyl (C=O) groups is 3. The third-order valence-electron chi connectivity index (χ3n) is 7.23. The zero-order chi connectivity index (χ0) is 25.5. The summed E-state index contributed by atoms with van der Waals surface area (Å²) in [5.41, 5.74) is 0. The molecular formula is C24H29ClN3O6S+. The van der Waals surface area contributed by atoms with E-state index in [1.165, 1.54) is 24.1 Å². The fourth-order valence-electron chi connectivity index (χ4n) is 5.21. The molecule has 0 aromatic heterocycles. The summed E-state index contributed by atoms with van der Waals surface area (Å²) in [6.07, 6.45) is 0.978. The SMILES string of the molecule is COC(=O)[N+]1(C(=O)[C@H](C)N2CC[C@H](NS(=O)(=O)c3ccc4cc(Cl)ccc4c3)C2=O)CCC[C@H]1C. The van der Waals surface area contributed by atoms with E-state index in [4.69, 9.17) is 16.3 Å². The number of fused-ring (bicyclic) bond motifs is 1. The van der Waals surface area contributed by atoms with Crippen molar-refractivity contribution >= 4 is 50.3 Å². The molecule has 0 aliphatic carbocycles. The Balaban J connectivity index is 1.51. The lowest BCUT2D eigenvalue weighted by atomic mass is 10.1. The van der Waals surface area contributed by atoms with Crippen LogP contribution in [0.3, 0.4) is 0 Å². The largest absolute Gasteiger partial charge is 0.523 e. The van der Waals surface area contributed by atoms with Crippen molar-refractivity contribution in [3.05, 3.63) is 41.4 Å². The summed E-state index contributed by atoms with van der Waals surface area (Å²) in [6, 6.07) is 7.63. The Morgan fingerprint density at radius 3 is 2.51 bits per heavy atom. The van der Waals surface area contributed by atoms with Crippen LogP contribution in [0, 0.1) is 0 Å². The number of benzene rings is 2. The summed E-state index contributed by atoms with van der Waals surface area (Å²) in [5.74, 6) is -0.899. The molecule has 188 valence electrons. The van der Waals surface area contributed by atoms with Gasteiger partial charge in [0, 0.05) is 24.4 Å². The van der Waals surface area contributed by atoms with Crippen LogP contribution in [-0.2, 0) is 24.3 Å². The summed E-state index contributed by atoms with van der Waals surface area (Å²) in [6.45, 7) is 3.93. The van der Waals surface area contributed by atoms with Gasteiger partial charge in [-0.1, -0.05) is 23.7 Å². The Bertz CT molecular complexity index is 1300. The number of carbonyl (C=O) groups excluding carboxylic acids is 3. The van der Waals surface area contributed by atoms with Gasteiger partial charge in [-0.05, 0) is 55.3 Å². The van der Waals surface area contributed by atoms with Crippen molar-refractivity contribution in [1.29, 1.82) is 0 Å². The van der Waals surface area contributed by atoms with Gasteiger partial charge in [0.1, 0.15) is 18.1 Å². The minimum absolute atomic E-state index is 0.0313. The first-order valence-electron chi connectivity index (χ1n) is 11.5. The van der Waals surface area contributed by atoms with Crippen molar-refractivity contribution < 1.29 is 32.0 Å². The van der Waals surface area contributed by atoms with Gasteiger partial charge in [0.15, 0.2) is 0 Å². The maximum atomic E-state index is 13.5. The molecule has 2 saturated heterocycles. The van der Waals surface area contributed by atoms with Crippen LogP contribution in [0.2, 0.25) is 5.02 Å². The van der Waals surface area contributed by atoms with Gasteiger partial charge in [-0.2, -0.15) is 14.0 Å². The maximum absolute atomic E-state index is 13.5. The molecule has 3 amide bonds. The molecule has 2 aromatic rings. The Morgan fingerprint density at radius 2 is 1.86 bits per heavy atom. The molecule has 0 saturated carbocycles. The molecule has 9 nitrogen and oxygen atoms in total. The summed E-state index contributed by atoms with van der Waals surface area (Å²) < 4.78 is 33.1. The standard InChI is InChI=1S/C24H29ClN3O6S/c1-15-5-4-12-28(15,24(31)34-3)23(30)16(2)27-11-10-21(22(27)29)26-35(32,33)20-9-7-17-13-19(25)8-6-18(17)14-20/h6-9,13-16,21,26H,4-5,10-12H2,1-3H3/q+1/t15-,16+,21+,28?/m1/s1. The van der Waals surface area contributed by atoms with Crippen LogP contribution in [0.1, 0.15) is 33.1 Å². The van der Waals surface area contributed by atoms with Crippen molar-refractivity contribution in [2.45, 2.75) is 56.1 Å². The third kappa shape index (κ3) is 4.44. The molecular weight excluding hydrogens is 494 g/mol. The number of nitrogens with one attached hydrogen (secondary N) is 1. The fraction of sp³-hybridized carbons (Fsp3) is 0.458. The number of methoxy groups -OCH3 is 1. The number of imide groups is 1. The Labute approximate surface area is 209 Å². The molecule has 0 radical (unpaired) electrons. The number of hydrogen-bond acceptors (Lipinski definition) is 6. The smallest absolute Gasteiger partial charge is 0.423 e. The minimum Gasteiger partial charge on any atom is -0.423 e. The Morgan fingerprint density at radius 1 is 1.17 bits per heavy atom. The van der Waals surface area contributed by atoms with Crippen LogP contribution in [0.4, 0.5) is 4.79 Å². The van der Waals surface area contributed by atoms with Crippen molar-refractivity contribution in [3.63, 3.8) is 0 Å². The fourth-order valence-corrected chi connectivity index (χ4v) is 6.65. The summed E-state index contributed by atoms with van der Waals surface area (Å²) in [7, 11) is -2.75. The predicted molar refractivity (Wildman–Crippen MR) is 130 cm³/mol. The first-order chi connectivity index (χ1) is 16.5. The van der Waals surface area contributed by atoms with Crippen molar-refractivity contribution in [2.75, 3.05) is 20.2 Å². The summed E-state index contributed by atoms with van der Waals surface area (Å²) in [4.78, 5) is 40.7. The Kier molecular flexibility index (Phi) is 6.93. The first-order valence-corrected chi connectivity index (χ1v) is 13.4. The van der Waals surface area contributed by atoms with E-state index in [1.807, 2.05) is 6.92 Å². The second-order valence-electron chi connectivity index (χ2n) is 9.22. The highest BCUT2D eigenvalue weighted by Gasteiger charge is 2.57. The van der Waals surface area contributed by atoms with E-state index >= 15 is 0 Å². The molecule has 11 heteroatoms. The first kappa shape index (κ1) is 25.6. The summed E-state index contributed by atoms with van der Waals surface area (Å²) >= 11 is 6.00. The molecule has 2 aromatic carbocycles. The topological polar surface area (TPSA) is 110 Å². The van der Waals surface area contributed by atoms with Gasteiger partial charge in [-0.15, -0.1) is 0 Å². The predicted octanol–water partition coefficient (Wildman–Crippen LogP) is 3.05. The number of halogens is 1. The molecule has 2 fully saturated rings. The molecule has 35 heavy (non-hydrogen) atoms. The van der Waals surface area contributed by atoms with E-state index in [1.54, 1.807) is 31.2 Å². The number of sulfonamides is 1. The van der Waals surface area contributed by atoms with Crippen LogP contribution >= 0.6 is 11.6 Å². The van der Waals surface area contributed by atoms with Crippen molar-refractivity contribution in [1.82, 2.24) is 9.62 Å². The van der Waals surface area contributed by atoms with Gasteiger partial charge >= 0.3 is 12.0 Å². The molecule has 1 unspecified atom stereocenters. The molecule has 2 heterocycles. The monoisotopic (exact) mass is 522 g/mol. The lowest BCUT2D eigenvalue weighted by molar-refractivity contribution is -0.793. The number of quaternary nitrogens is 1. The Hall–Kier alpha value is -2.53. The zero-order valence-corrected chi connectivity index (χ0v) is 21.4. The van der Waals surface area contributed by atoms with Gasteiger partial charge in [-0.3, -0.25) is 4.79 Å². The van der Waals surface area contributed by atoms with Crippen molar-refractivity contribution in [3.8, 4) is 0 Å². The lowest BCUT2D eigenvalue weighted by Crippen LogP contribution is -2.64. The highest BCUT2D eigenvalue weighted by atomic mass is 35.5. The summed E-state index contributed by atoms with van der Waals surface area (Å²) in [5, 5.41) is 2.05. The maximum Gasteiger partial charge on any atom is 0.523 e. The van der Waals surface area contributed by atoms with Gasteiger partial charge < -0.3 is 9.64 Å². The van der Waals surface area contributed by atoms with E-state index in [9.17, 15) is 22.8 Å². The van der Waals surface area contributed by atoms with Gasteiger partial charge in [-0.25, -0.2) is 13.2 Å². The number of rotatable bonds is 5. The molecule has 2 aliphatic heterocycles. The quantitative estimate of drug-likeness (QED) is 0.604. The molecule has 2 aliphatic rings. The molecule has 0 bridgehead atoms. The third-order valence-corrected chi connectivity index (χ3v) is 8.93. The second kappa shape index (κ2) is 9.50. The number of ether oxygens (including phenoxy) is 1. The van der Waals surface area contributed by atoms with Crippen molar-refractivity contribution in [2.24, 2.45) is 0 Å². The van der Waals surface area contributed by atoms with Crippen LogP contribution < -0.4 is 4.72 Å². The molecule has 4 rings (SSSR count). The van der Waals surface area contributed by atoms with E-state index in [0.717, 1.165) is 5.39 Å². The number of hydrogen-bond donors (Lipinski definition) is 1. The molecule has 1 N–H and O–H groups in total. The van der Waals surface area contributed by atoms with Gasteiger partial charge in [0.25, 0.3) is 0 Å². The van der Waals surface area contributed by atoms with Gasteiger partial charge in [0.2, 0.25) is 15.9 Å². The minimum atomic E-state index is -3.99. The van der Waals surface area contributed by atoms with E-state index in [2.05, 4.69) is 4.72 Å². The van der Waals surface area contributed by atoms with Crippen LogP contribution in [-0.4, -0.2) is 74.0 Å². The number of likely N-dealkylation sites (tertiary alicyclic amines) is 2. The average Bonchev–Trinajstić information content (AvgIpc) is 3.39. The number of amides is 3. The highest BCUT2D eigenvalue weighted by Crippen LogP contribution is 2.32. The zero-order valence-electron chi connectivity index (χ0n) is 19.9. The second-order valence-corrected chi connectivity index (χ2v) is 11.4. The van der Waals surface area contributed by atoms with Crippen LogP contribution in [0.15, 0.2) is 41.3 Å². The van der Waals surface area contributed by atoms with Gasteiger partial charge in [0.05, 0.1) is 18.6 Å². The average molecular weight is 523 g/mol. The molecule has 0 spiro atoms. The highest BCUT2D eigenvalue weighted by molar-refractivity contribution is 7.89. The van der Waals surface area contributed by atoms with E-state index in [-0.39, 0.29) is 23.9 Å². The lowest BCUT2D eigenvalue weighted by Gasteiger charge is -2.35.